The van der Waals surface area contributed by atoms with E-state index >= 15 is 0 Å². The summed E-state index contributed by atoms with van der Waals surface area (Å²) in [4.78, 5) is 52.0. The molecule has 3 fully saturated rings. The van der Waals surface area contributed by atoms with Gasteiger partial charge in [0.25, 0.3) is 0 Å². The summed E-state index contributed by atoms with van der Waals surface area (Å²) in [6.45, 7) is 3.09. The van der Waals surface area contributed by atoms with Crippen molar-refractivity contribution in [1.82, 2.24) is 15.5 Å². The first-order valence-electron chi connectivity index (χ1n) is 10.8. The summed E-state index contributed by atoms with van der Waals surface area (Å²) < 4.78 is 40.9. The summed E-state index contributed by atoms with van der Waals surface area (Å²) in [6.07, 6.45) is -2.45. The van der Waals surface area contributed by atoms with E-state index in [1.165, 1.54) is 4.90 Å². The average molecular weight is 459 g/mol. The van der Waals surface area contributed by atoms with Crippen molar-refractivity contribution in [2.75, 3.05) is 19.7 Å². The molecule has 2 heterocycles. The highest BCUT2D eigenvalue weighted by Gasteiger charge is 2.56. The van der Waals surface area contributed by atoms with Gasteiger partial charge in [-0.05, 0) is 37.5 Å². The standard InChI is InChI=1S/C20H29BF3N3O5/c1-18(2,21)17(31)27-10-19(4-5-19)8-13(27)16(30)26-12(7-11-3-6-25-15(11)29)14(28)9-32-20(22,23)24/h11-13H,3-10,21H2,1-2H3,(H,25,29)(H,26,30)/t11-,12-,13-/m0/s1. The van der Waals surface area contributed by atoms with Crippen LogP contribution in [0.15, 0.2) is 0 Å². The van der Waals surface area contributed by atoms with Crippen LogP contribution in [0.3, 0.4) is 0 Å². The third kappa shape index (κ3) is 5.82. The highest BCUT2D eigenvalue weighted by atomic mass is 19.4. The number of likely N-dealkylation sites (tertiary alicyclic amines) is 1. The van der Waals surface area contributed by atoms with E-state index in [2.05, 4.69) is 15.4 Å². The summed E-state index contributed by atoms with van der Waals surface area (Å²) in [7, 11) is 1.75. The van der Waals surface area contributed by atoms with Gasteiger partial charge in [-0.2, -0.15) is 0 Å². The molecule has 8 nitrogen and oxygen atoms in total. The molecular weight excluding hydrogens is 430 g/mol. The molecule has 3 aliphatic rings. The van der Waals surface area contributed by atoms with Crippen molar-refractivity contribution in [1.29, 1.82) is 0 Å². The Bertz CT molecular complexity index is 794. The Kier molecular flexibility index (Phi) is 6.66. The van der Waals surface area contributed by atoms with Gasteiger partial charge in [-0.3, -0.25) is 23.9 Å². The molecule has 3 rings (SSSR count). The Hall–Kier alpha value is -2.11. The van der Waals surface area contributed by atoms with Gasteiger partial charge in [-0.1, -0.05) is 13.8 Å². The van der Waals surface area contributed by atoms with E-state index in [4.69, 9.17) is 0 Å². The molecule has 0 aromatic carbocycles. The molecule has 3 atom stereocenters. The molecule has 0 radical (unpaired) electrons. The number of amides is 3. The van der Waals surface area contributed by atoms with Crippen LogP contribution in [0.4, 0.5) is 13.2 Å². The first kappa shape index (κ1) is 24.5. The Labute approximate surface area is 185 Å². The molecule has 178 valence electrons. The van der Waals surface area contributed by atoms with Gasteiger partial charge in [0.2, 0.25) is 17.7 Å². The summed E-state index contributed by atoms with van der Waals surface area (Å²) in [6, 6.07) is -2.12. The number of alkyl halides is 3. The van der Waals surface area contributed by atoms with Crippen molar-refractivity contribution in [3.63, 3.8) is 0 Å². The minimum atomic E-state index is -4.99. The normalized spacial score (nSPS) is 25.5. The van der Waals surface area contributed by atoms with Crippen molar-refractivity contribution in [3.05, 3.63) is 0 Å². The molecule has 1 saturated carbocycles. The van der Waals surface area contributed by atoms with Crippen LogP contribution in [-0.4, -0.2) is 74.4 Å². The zero-order valence-electron chi connectivity index (χ0n) is 18.5. The van der Waals surface area contributed by atoms with Crippen molar-refractivity contribution < 1.29 is 37.1 Å². The van der Waals surface area contributed by atoms with Gasteiger partial charge in [-0.15, -0.1) is 13.2 Å². The van der Waals surface area contributed by atoms with Crippen LogP contribution in [0.5, 0.6) is 0 Å². The van der Waals surface area contributed by atoms with Gasteiger partial charge >= 0.3 is 6.36 Å². The first-order chi connectivity index (χ1) is 14.7. The van der Waals surface area contributed by atoms with E-state index in [0.29, 0.717) is 25.9 Å². The molecular formula is C20H29BF3N3O5. The molecule has 0 unspecified atom stereocenters. The number of ether oxygens (including phenoxy) is 1. The minimum Gasteiger partial charge on any atom is -0.356 e. The quantitative estimate of drug-likeness (QED) is 0.509. The zero-order valence-corrected chi connectivity index (χ0v) is 18.5. The maximum absolute atomic E-state index is 13.2. The fourth-order valence-corrected chi connectivity index (χ4v) is 4.42. The predicted octanol–water partition coefficient (Wildman–Crippen LogP) is 0.316. The van der Waals surface area contributed by atoms with Crippen LogP contribution in [0.1, 0.15) is 46.0 Å². The molecule has 12 heteroatoms. The van der Waals surface area contributed by atoms with E-state index < -0.39 is 48.0 Å². The van der Waals surface area contributed by atoms with Crippen molar-refractivity contribution in [2.24, 2.45) is 11.3 Å². The van der Waals surface area contributed by atoms with Gasteiger partial charge in [0, 0.05) is 24.3 Å². The maximum Gasteiger partial charge on any atom is 0.522 e. The van der Waals surface area contributed by atoms with E-state index in [-0.39, 0.29) is 23.7 Å². The van der Waals surface area contributed by atoms with Gasteiger partial charge in [0.15, 0.2) is 5.78 Å². The molecule has 1 aliphatic carbocycles. The molecule has 2 aliphatic heterocycles. The Balaban J connectivity index is 1.74. The fourth-order valence-electron chi connectivity index (χ4n) is 4.42. The Morgan fingerprint density at radius 1 is 1.31 bits per heavy atom. The number of Topliss-reactive ketones (excluding diaryl/α,β-unsaturated/α-hetero) is 1. The number of hydrogen-bond donors (Lipinski definition) is 2. The first-order valence-corrected chi connectivity index (χ1v) is 10.8. The summed E-state index contributed by atoms with van der Waals surface area (Å²) in [5.74, 6) is -2.66. The lowest BCUT2D eigenvalue weighted by Gasteiger charge is -2.31. The molecule has 0 aromatic rings. The number of halogens is 3. The number of hydrogen-bond acceptors (Lipinski definition) is 5. The topological polar surface area (TPSA) is 105 Å². The summed E-state index contributed by atoms with van der Waals surface area (Å²) >= 11 is 0. The second kappa shape index (κ2) is 8.68. The van der Waals surface area contributed by atoms with Crippen LogP contribution in [-0.2, 0) is 23.9 Å². The Morgan fingerprint density at radius 3 is 2.47 bits per heavy atom. The lowest BCUT2D eigenvalue weighted by atomic mass is 9.71. The van der Waals surface area contributed by atoms with Crippen LogP contribution in [0.25, 0.3) is 0 Å². The number of rotatable bonds is 8. The number of ketones is 1. The van der Waals surface area contributed by atoms with Crippen LogP contribution in [0.2, 0.25) is 5.31 Å². The van der Waals surface area contributed by atoms with Gasteiger partial charge in [-0.25, -0.2) is 0 Å². The fraction of sp³-hybridized carbons (Fsp3) is 0.800. The van der Waals surface area contributed by atoms with Crippen LogP contribution in [0, 0.1) is 11.3 Å². The lowest BCUT2D eigenvalue weighted by molar-refractivity contribution is -0.321. The zero-order chi connectivity index (χ0) is 23.9. The van der Waals surface area contributed by atoms with E-state index in [1.807, 2.05) is 0 Å². The maximum atomic E-state index is 13.2. The second-order valence-corrected chi connectivity index (χ2v) is 10.2. The molecule has 0 aromatic heterocycles. The molecule has 2 N–H and O–H groups in total. The Morgan fingerprint density at radius 2 is 1.97 bits per heavy atom. The summed E-state index contributed by atoms with van der Waals surface area (Å²) in [5, 5.41) is 4.43. The number of nitrogens with zero attached hydrogens (tertiary/aromatic N) is 1. The van der Waals surface area contributed by atoms with Crippen LogP contribution < -0.4 is 10.6 Å². The van der Waals surface area contributed by atoms with Gasteiger partial charge in [0.1, 0.15) is 20.5 Å². The molecule has 32 heavy (non-hydrogen) atoms. The van der Waals surface area contributed by atoms with E-state index in [0.717, 1.165) is 12.8 Å². The molecule has 2 saturated heterocycles. The highest BCUT2D eigenvalue weighted by molar-refractivity contribution is 6.27. The number of carbonyl (C=O) groups excluding carboxylic acids is 4. The highest BCUT2D eigenvalue weighted by Crippen LogP contribution is 2.55. The molecule has 1 spiro atoms. The average Bonchev–Trinajstić information content (AvgIpc) is 3.13. The predicted molar refractivity (Wildman–Crippen MR) is 109 cm³/mol. The lowest BCUT2D eigenvalue weighted by Crippen LogP contribution is -2.53. The largest absolute Gasteiger partial charge is 0.522 e. The minimum absolute atomic E-state index is 0.104. The molecule has 0 bridgehead atoms. The monoisotopic (exact) mass is 459 g/mol. The van der Waals surface area contributed by atoms with Gasteiger partial charge in [0.05, 0.1) is 6.04 Å². The third-order valence-corrected chi connectivity index (χ3v) is 6.44. The van der Waals surface area contributed by atoms with Crippen molar-refractivity contribution in [3.8, 4) is 0 Å². The second-order valence-electron chi connectivity index (χ2n) is 10.2. The van der Waals surface area contributed by atoms with Crippen molar-refractivity contribution >= 4 is 31.4 Å². The van der Waals surface area contributed by atoms with Crippen LogP contribution >= 0.6 is 0 Å². The molecule has 3 amide bonds. The van der Waals surface area contributed by atoms with E-state index in [1.54, 1.807) is 21.7 Å². The smallest absolute Gasteiger partial charge is 0.356 e. The SMILES string of the molecule is BC(C)(C)C(=O)N1CC2(CC2)C[C@H]1C(=O)N[C@@H](C[C@@H]1CCNC1=O)C(=O)COC(F)(F)F. The number of carbonyl (C=O) groups is 4. The number of nitrogens with one attached hydrogen (secondary N) is 2. The van der Waals surface area contributed by atoms with E-state index in [9.17, 15) is 32.3 Å². The summed E-state index contributed by atoms with van der Waals surface area (Å²) in [5.41, 5.74) is -0.104. The third-order valence-electron chi connectivity index (χ3n) is 6.44. The van der Waals surface area contributed by atoms with Crippen molar-refractivity contribution in [2.45, 2.75) is 69.7 Å². The van der Waals surface area contributed by atoms with Gasteiger partial charge < -0.3 is 15.5 Å².